The fourth-order valence-corrected chi connectivity index (χ4v) is 6.45. The maximum absolute atomic E-state index is 13.8. The zero-order valence-electron chi connectivity index (χ0n) is 19.3. The van der Waals surface area contributed by atoms with Gasteiger partial charge in [0.05, 0.1) is 4.90 Å². The van der Waals surface area contributed by atoms with E-state index < -0.39 is 22.0 Å². The van der Waals surface area contributed by atoms with E-state index >= 15 is 0 Å². The molecule has 0 saturated carbocycles. The Morgan fingerprint density at radius 2 is 1.43 bits per heavy atom. The van der Waals surface area contributed by atoms with Crippen molar-refractivity contribution in [2.45, 2.75) is 30.4 Å². The van der Waals surface area contributed by atoms with E-state index in [2.05, 4.69) is 0 Å². The Labute approximate surface area is 206 Å². The number of nitrogens with zero attached hydrogens (tertiary/aromatic N) is 1. The minimum Gasteiger partial charge on any atom is -0.460 e. The predicted molar refractivity (Wildman–Crippen MR) is 136 cm³/mol. The summed E-state index contributed by atoms with van der Waals surface area (Å²) in [5, 5.41) is 1.81. The highest BCUT2D eigenvalue weighted by atomic mass is 32.2. The first kappa shape index (κ1) is 23.3. The molecule has 1 heterocycles. The molecule has 1 fully saturated rings. The molecule has 5 nitrogen and oxygen atoms in total. The first-order chi connectivity index (χ1) is 17.0. The lowest BCUT2D eigenvalue weighted by atomic mass is 9.97. The molecule has 4 aromatic carbocycles. The summed E-state index contributed by atoms with van der Waals surface area (Å²) in [6.07, 6.45) is 1.13. The summed E-state index contributed by atoms with van der Waals surface area (Å²) in [5.41, 5.74) is 1.99. The Hall–Kier alpha value is -3.48. The van der Waals surface area contributed by atoms with Gasteiger partial charge in [-0.3, -0.25) is 4.79 Å². The second-order valence-electron chi connectivity index (χ2n) is 8.98. The number of carbonyl (C=O) groups excluding carboxylic acids is 1. The van der Waals surface area contributed by atoms with Gasteiger partial charge in [0.2, 0.25) is 10.0 Å². The summed E-state index contributed by atoms with van der Waals surface area (Å²) in [6.45, 7) is 0.387. The van der Waals surface area contributed by atoms with E-state index in [4.69, 9.17) is 4.74 Å². The van der Waals surface area contributed by atoms with Crippen molar-refractivity contribution >= 4 is 26.8 Å². The molecule has 35 heavy (non-hydrogen) atoms. The van der Waals surface area contributed by atoms with Gasteiger partial charge in [-0.1, -0.05) is 91.0 Å². The minimum absolute atomic E-state index is 0.0157. The van der Waals surface area contributed by atoms with E-state index in [1.807, 2.05) is 91.0 Å². The van der Waals surface area contributed by atoms with E-state index in [1.165, 1.54) is 4.31 Å². The third-order valence-corrected chi connectivity index (χ3v) is 8.40. The molecule has 0 unspecified atom stereocenters. The molecule has 5 rings (SSSR count). The third-order valence-electron chi connectivity index (χ3n) is 6.53. The zero-order chi connectivity index (χ0) is 24.3. The summed E-state index contributed by atoms with van der Waals surface area (Å²) in [6, 6.07) is 31.3. The third kappa shape index (κ3) is 5.14. The quantitative estimate of drug-likeness (QED) is 0.337. The minimum atomic E-state index is -3.90. The van der Waals surface area contributed by atoms with Crippen LogP contribution in [0.15, 0.2) is 108 Å². The maximum Gasteiger partial charge on any atom is 0.324 e. The van der Waals surface area contributed by atoms with Crippen LogP contribution >= 0.6 is 0 Å². The average Bonchev–Trinajstić information content (AvgIpc) is 3.33. The van der Waals surface area contributed by atoms with Crippen LogP contribution in [-0.2, 0) is 32.6 Å². The predicted octanol–water partition coefficient (Wildman–Crippen LogP) is 5.21. The van der Waals surface area contributed by atoms with Gasteiger partial charge in [0, 0.05) is 6.54 Å². The van der Waals surface area contributed by atoms with Gasteiger partial charge < -0.3 is 4.74 Å². The zero-order valence-corrected chi connectivity index (χ0v) is 20.1. The molecule has 0 aliphatic carbocycles. The van der Waals surface area contributed by atoms with Crippen molar-refractivity contribution in [3.63, 3.8) is 0 Å². The normalized spacial score (nSPS) is 18.5. The number of hydrogen-bond acceptors (Lipinski definition) is 4. The van der Waals surface area contributed by atoms with Crippen molar-refractivity contribution in [2.24, 2.45) is 5.92 Å². The van der Waals surface area contributed by atoms with Crippen molar-refractivity contribution in [1.82, 2.24) is 4.31 Å². The van der Waals surface area contributed by atoms with Crippen molar-refractivity contribution in [3.8, 4) is 0 Å². The molecule has 178 valence electrons. The molecule has 1 saturated heterocycles. The number of sulfonamides is 1. The molecule has 4 aromatic rings. The topological polar surface area (TPSA) is 63.7 Å². The Balaban J connectivity index is 1.42. The van der Waals surface area contributed by atoms with E-state index in [9.17, 15) is 13.2 Å². The van der Waals surface area contributed by atoms with Crippen LogP contribution in [0.3, 0.4) is 0 Å². The number of esters is 1. The van der Waals surface area contributed by atoms with Crippen LogP contribution in [0.1, 0.15) is 17.5 Å². The molecule has 0 spiro atoms. The lowest BCUT2D eigenvalue weighted by molar-refractivity contribution is -0.148. The fraction of sp³-hybridized carbons (Fsp3) is 0.207. The number of hydrogen-bond donors (Lipinski definition) is 0. The van der Waals surface area contributed by atoms with Crippen LogP contribution in [0.5, 0.6) is 0 Å². The highest BCUT2D eigenvalue weighted by Crippen LogP contribution is 2.33. The Morgan fingerprint density at radius 1 is 0.800 bits per heavy atom. The summed E-state index contributed by atoms with van der Waals surface area (Å²) in [4.78, 5) is 13.4. The number of ether oxygens (including phenoxy) is 1. The van der Waals surface area contributed by atoms with Crippen molar-refractivity contribution in [3.05, 3.63) is 114 Å². The second-order valence-corrected chi connectivity index (χ2v) is 10.9. The van der Waals surface area contributed by atoms with Crippen LogP contribution < -0.4 is 0 Å². The standard InChI is InChI=1S/C29H27NO4S/c31-29(34-21-23-11-5-2-6-12-23)28-18-24(17-22-9-3-1-4-10-22)20-30(28)35(32,33)27-16-15-25-13-7-8-14-26(25)19-27/h1-16,19,24,28H,17-18,20-21H2/t24-,28+/m1/s1. The summed E-state index contributed by atoms with van der Waals surface area (Å²) >= 11 is 0. The van der Waals surface area contributed by atoms with Gasteiger partial charge in [-0.2, -0.15) is 4.31 Å². The first-order valence-electron chi connectivity index (χ1n) is 11.8. The van der Waals surface area contributed by atoms with Gasteiger partial charge in [0.25, 0.3) is 0 Å². The Bertz CT molecular complexity index is 1420. The van der Waals surface area contributed by atoms with Crippen LogP contribution in [0.4, 0.5) is 0 Å². The molecule has 0 radical (unpaired) electrons. The maximum atomic E-state index is 13.8. The molecule has 0 N–H and O–H groups in total. The SMILES string of the molecule is O=C(OCc1ccccc1)[C@@H]1C[C@@H](Cc2ccccc2)CN1S(=O)(=O)c1ccc2ccccc2c1. The van der Waals surface area contributed by atoms with E-state index in [0.29, 0.717) is 12.8 Å². The molecule has 0 aromatic heterocycles. The van der Waals surface area contributed by atoms with E-state index in [1.54, 1.807) is 12.1 Å². The molecule has 6 heteroatoms. The monoisotopic (exact) mass is 485 g/mol. The fourth-order valence-electron chi connectivity index (χ4n) is 4.75. The van der Waals surface area contributed by atoms with Crippen LogP contribution in [-0.4, -0.2) is 31.3 Å². The smallest absolute Gasteiger partial charge is 0.324 e. The van der Waals surface area contributed by atoms with Gasteiger partial charge in [-0.25, -0.2) is 8.42 Å². The average molecular weight is 486 g/mol. The first-order valence-corrected chi connectivity index (χ1v) is 13.2. The van der Waals surface area contributed by atoms with Crippen molar-refractivity contribution in [2.75, 3.05) is 6.54 Å². The van der Waals surface area contributed by atoms with Gasteiger partial charge in [-0.15, -0.1) is 0 Å². The van der Waals surface area contributed by atoms with Crippen LogP contribution in [0.2, 0.25) is 0 Å². The summed E-state index contributed by atoms with van der Waals surface area (Å²) < 4.78 is 34.5. The summed E-state index contributed by atoms with van der Waals surface area (Å²) in [7, 11) is -3.90. The lowest BCUT2D eigenvalue weighted by Crippen LogP contribution is -2.41. The molecule has 0 amide bonds. The van der Waals surface area contributed by atoms with Gasteiger partial charge in [-0.05, 0) is 52.8 Å². The highest BCUT2D eigenvalue weighted by molar-refractivity contribution is 7.89. The van der Waals surface area contributed by atoms with E-state index in [0.717, 1.165) is 21.9 Å². The van der Waals surface area contributed by atoms with Crippen LogP contribution in [0, 0.1) is 5.92 Å². The number of carbonyl (C=O) groups is 1. The molecular formula is C29H27NO4S. The number of fused-ring (bicyclic) bond motifs is 1. The highest BCUT2D eigenvalue weighted by Gasteiger charge is 2.44. The largest absolute Gasteiger partial charge is 0.460 e. The molecule has 1 aliphatic heterocycles. The second kappa shape index (κ2) is 10.0. The van der Waals surface area contributed by atoms with E-state index in [-0.39, 0.29) is 24.0 Å². The molecular weight excluding hydrogens is 458 g/mol. The van der Waals surface area contributed by atoms with Crippen molar-refractivity contribution in [1.29, 1.82) is 0 Å². The molecule has 1 aliphatic rings. The van der Waals surface area contributed by atoms with Crippen molar-refractivity contribution < 1.29 is 17.9 Å². The van der Waals surface area contributed by atoms with Gasteiger partial charge in [0.15, 0.2) is 0 Å². The summed E-state index contributed by atoms with van der Waals surface area (Å²) in [5.74, 6) is -0.490. The van der Waals surface area contributed by atoms with Crippen LogP contribution in [0.25, 0.3) is 10.8 Å². The van der Waals surface area contributed by atoms with Gasteiger partial charge >= 0.3 is 5.97 Å². The molecule has 2 atom stereocenters. The number of rotatable bonds is 7. The van der Waals surface area contributed by atoms with Gasteiger partial charge in [0.1, 0.15) is 12.6 Å². The number of benzene rings is 4. The lowest BCUT2D eigenvalue weighted by Gasteiger charge is -2.23. The Kier molecular flexibility index (Phi) is 6.66. The Morgan fingerprint density at radius 3 is 2.14 bits per heavy atom. The molecule has 0 bridgehead atoms.